The summed E-state index contributed by atoms with van der Waals surface area (Å²) < 4.78 is 11.6. The number of carbonyl (C=O) groups is 2. The number of aliphatic hydroxyl groups excluding tert-OH is 1. The van der Waals surface area contributed by atoms with Crippen LogP contribution in [-0.4, -0.2) is 60.2 Å². The molecule has 8 nitrogen and oxygen atoms in total. The van der Waals surface area contributed by atoms with Gasteiger partial charge in [0.2, 0.25) is 5.91 Å². The maximum atomic E-state index is 11.9. The van der Waals surface area contributed by atoms with Crippen molar-refractivity contribution in [3.63, 3.8) is 0 Å². The lowest BCUT2D eigenvalue weighted by atomic mass is 10.1. The molecule has 2 aliphatic rings. The minimum atomic E-state index is -0.833. The van der Waals surface area contributed by atoms with E-state index in [1.54, 1.807) is 6.07 Å². The zero-order chi connectivity index (χ0) is 18.7. The lowest BCUT2D eigenvalue weighted by molar-refractivity contribution is -0.125. The lowest BCUT2D eigenvalue weighted by Crippen LogP contribution is -2.42. The van der Waals surface area contributed by atoms with Crippen molar-refractivity contribution in [2.75, 3.05) is 11.9 Å². The van der Waals surface area contributed by atoms with Gasteiger partial charge in [0.15, 0.2) is 0 Å². The Morgan fingerprint density at radius 2 is 2.19 bits per heavy atom. The Morgan fingerprint density at radius 3 is 2.85 bits per heavy atom. The highest BCUT2D eigenvalue weighted by Gasteiger charge is 2.50. The smallest absolute Gasteiger partial charge is 0.319 e. The molecule has 0 bridgehead atoms. The average molecular weight is 383 g/mol. The van der Waals surface area contributed by atoms with E-state index in [4.69, 9.17) is 9.47 Å². The molecule has 3 amide bonds. The van der Waals surface area contributed by atoms with Gasteiger partial charge in [0.05, 0.1) is 23.6 Å². The van der Waals surface area contributed by atoms with Gasteiger partial charge in [-0.1, -0.05) is 0 Å². The number of thiophene rings is 1. The molecule has 2 saturated heterocycles. The summed E-state index contributed by atoms with van der Waals surface area (Å²) in [5.74, 6) is -0.0667. The number of hydrogen-bond acceptors (Lipinski definition) is 6. The highest BCUT2D eigenvalue weighted by Crippen LogP contribution is 2.35. The molecule has 144 valence electrons. The second-order valence-corrected chi connectivity index (χ2v) is 7.85. The zero-order valence-corrected chi connectivity index (χ0v) is 15.6. The molecule has 0 saturated carbocycles. The van der Waals surface area contributed by atoms with Crippen LogP contribution in [0.15, 0.2) is 17.5 Å². The monoisotopic (exact) mass is 383 g/mol. The number of hydrogen-bond donors (Lipinski definition) is 4. The molecule has 1 aromatic heterocycles. The van der Waals surface area contributed by atoms with Crippen LogP contribution in [0.2, 0.25) is 0 Å². The largest absolute Gasteiger partial charge is 0.388 e. The summed E-state index contributed by atoms with van der Waals surface area (Å²) in [6.45, 7) is 4.00. The first-order valence-corrected chi connectivity index (χ1v) is 9.67. The first-order chi connectivity index (χ1) is 12.4. The number of anilines is 1. The van der Waals surface area contributed by atoms with Gasteiger partial charge in [-0.25, -0.2) is 4.79 Å². The summed E-state index contributed by atoms with van der Waals surface area (Å²) in [6.07, 6.45) is -1.51. The Labute approximate surface area is 156 Å². The maximum Gasteiger partial charge on any atom is 0.319 e. The van der Waals surface area contributed by atoms with Crippen molar-refractivity contribution in [2.45, 2.75) is 63.3 Å². The van der Waals surface area contributed by atoms with Crippen LogP contribution in [0, 0.1) is 0 Å². The Kier molecular flexibility index (Phi) is 6.13. The van der Waals surface area contributed by atoms with Crippen LogP contribution >= 0.6 is 11.3 Å². The second-order valence-electron chi connectivity index (χ2n) is 6.90. The van der Waals surface area contributed by atoms with Crippen LogP contribution in [0.5, 0.6) is 0 Å². The van der Waals surface area contributed by atoms with Gasteiger partial charge in [-0.2, -0.15) is 0 Å². The summed E-state index contributed by atoms with van der Waals surface area (Å²) >= 11 is 1.43. The van der Waals surface area contributed by atoms with Crippen LogP contribution in [0.1, 0.15) is 26.7 Å². The number of nitrogens with one attached hydrogen (secondary N) is 3. The summed E-state index contributed by atoms with van der Waals surface area (Å²) in [5.41, 5.74) is 0. The number of urea groups is 1. The first kappa shape index (κ1) is 19.1. The highest BCUT2D eigenvalue weighted by atomic mass is 32.1. The fraction of sp³-hybridized carbons (Fsp3) is 0.647. The topological polar surface area (TPSA) is 109 Å². The summed E-state index contributed by atoms with van der Waals surface area (Å²) in [4.78, 5) is 23.7. The molecule has 5 atom stereocenters. The molecule has 0 aromatic carbocycles. The van der Waals surface area contributed by atoms with E-state index in [0.717, 1.165) is 5.00 Å². The van der Waals surface area contributed by atoms with Crippen LogP contribution in [0.25, 0.3) is 0 Å². The Balaban J connectivity index is 1.41. The van der Waals surface area contributed by atoms with E-state index in [1.165, 1.54) is 11.3 Å². The molecule has 0 spiro atoms. The van der Waals surface area contributed by atoms with E-state index < -0.39 is 18.3 Å². The normalized spacial score (nSPS) is 30.2. The predicted molar refractivity (Wildman–Crippen MR) is 97.2 cm³/mol. The van der Waals surface area contributed by atoms with E-state index in [9.17, 15) is 14.7 Å². The Morgan fingerprint density at radius 1 is 1.38 bits per heavy atom. The van der Waals surface area contributed by atoms with E-state index in [2.05, 4.69) is 16.0 Å². The fourth-order valence-electron chi connectivity index (χ4n) is 3.30. The molecular weight excluding hydrogens is 358 g/mol. The molecule has 0 radical (unpaired) electrons. The van der Waals surface area contributed by atoms with Crippen molar-refractivity contribution in [3.05, 3.63) is 17.5 Å². The van der Waals surface area contributed by atoms with Crippen molar-refractivity contribution in [1.29, 1.82) is 0 Å². The Hall–Kier alpha value is -1.68. The summed E-state index contributed by atoms with van der Waals surface area (Å²) in [6, 6.07) is 3.39. The second kappa shape index (κ2) is 8.34. The molecule has 3 heterocycles. The van der Waals surface area contributed by atoms with Gasteiger partial charge in [0.25, 0.3) is 0 Å². The quantitative estimate of drug-likeness (QED) is 0.588. The van der Waals surface area contributed by atoms with Crippen molar-refractivity contribution >= 4 is 28.3 Å². The number of amides is 3. The third-order valence-electron chi connectivity index (χ3n) is 4.36. The van der Waals surface area contributed by atoms with Gasteiger partial charge in [-0.15, -0.1) is 11.3 Å². The lowest BCUT2D eigenvalue weighted by Gasteiger charge is -2.20. The molecule has 9 heteroatoms. The molecule has 2 fully saturated rings. The summed E-state index contributed by atoms with van der Waals surface area (Å²) in [7, 11) is 0. The molecular formula is C17H25N3O5S. The fourth-order valence-corrected chi connectivity index (χ4v) is 3.91. The summed E-state index contributed by atoms with van der Waals surface area (Å²) in [5, 5.41) is 21.3. The Bertz CT molecular complexity index is 624. The molecule has 0 aliphatic carbocycles. The first-order valence-electron chi connectivity index (χ1n) is 8.79. The molecule has 3 rings (SSSR count). The van der Waals surface area contributed by atoms with Crippen molar-refractivity contribution in [3.8, 4) is 0 Å². The highest BCUT2D eigenvalue weighted by molar-refractivity contribution is 7.14. The van der Waals surface area contributed by atoms with Crippen molar-refractivity contribution in [2.24, 2.45) is 0 Å². The average Bonchev–Trinajstić information content (AvgIpc) is 3.24. The number of fused-ring (bicyclic) bond motifs is 1. The van der Waals surface area contributed by atoms with Crippen molar-refractivity contribution in [1.82, 2.24) is 10.6 Å². The molecule has 26 heavy (non-hydrogen) atoms. The van der Waals surface area contributed by atoms with Gasteiger partial charge >= 0.3 is 6.03 Å². The number of aliphatic hydroxyl groups is 1. The van der Waals surface area contributed by atoms with Crippen LogP contribution in [0.4, 0.5) is 9.80 Å². The minimum absolute atomic E-state index is 0.0667. The van der Waals surface area contributed by atoms with Crippen LogP contribution in [-0.2, 0) is 14.3 Å². The molecule has 2 aliphatic heterocycles. The van der Waals surface area contributed by atoms with Gasteiger partial charge in [0.1, 0.15) is 18.3 Å². The van der Waals surface area contributed by atoms with Gasteiger partial charge < -0.3 is 25.2 Å². The molecule has 4 N–H and O–H groups in total. The van der Waals surface area contributed by atoms with Crippen LogP contribution < -0.4 is 16.0 Å². The molecule has 0 unspecified atom stereocenters. The van der Waals surface area contributed by atoms with E-state index in [-0.39, 0.29) is 43.2 Å². The third-order valence-corrected chi connectivity index (χ3v) is 5.15. The molecule has 1 aromatic rings. The van der Waals surface area contributed by atoms with Crippen molar-refractivity contribution < 1.29 is 24.2 Å². The predicted octanol–water partition coefficient (Wildman–Crippen LogP) is 1.07. The van der Waals surface area contributed by atoms with E-state index >= 15 is 0 Å². The number of rotatable bonds is 6. The zero-order valence-electron chi connectivity index (χ0n) is 14.8. The van der Waals surface area contributed by atoms with Crippen LogP contribution in [0.3, 0.4) is 0 Å². The third kappa shape index (κ3) is 4.73. The van der Waals surface area contributed by atoms with Gasteiger partial charge in [0, 0.05) is 19.0 Å². The maximum absolute atomic E-state index is 11.9. The minimum Gasteiger partial charge on any atom is -0.388 e. The standard InChI is InChI=1S/C17H25N3O5S/c1-9(2)19-13(21)7-10-6-11-16(24-10)15(22)12(25-11)8-18-17(23)20-14-4-3-5-26-14/h3-5,9-12,15-16,22H,6-8H2,1-2H3,(H,19,21)(H2,18,20,23)/t10-,11+,12+,15+,16-/m0/s1. The van der Waals surface area contributed by atoms with Gasteiger partial charge in [-0.05, 0) is 31.4 Å². The SMILES string of the molecule is CC(C)NC(=O)C[C@@H]1C[C@H]2O[C@H](CNC(=O)Nc3cccs3)[C@@H](O)[C@H]2O1. The van der Waals surface area contributed by atoms with E-state index in [0.29, 0.717) is 6.42 Å². The number of ether oxygens (including phenoxy) is 2. The van der Waals surface area contributed by atoms with E-state index in [1.807, 2.05) is 25.3 Å². The van der Waals surface area contributed by atoms with Gasteiger partial charge in [-0.3, -0.25) is 10.1 Å². The number of carbonyl (C=O) groups excluding carboxylic acids is 2.